The van der Waals surface area contributed by atoms with E-state index in [1.807, 2.05) is 33.0 Å². The third-order valence-electron chi connectivity index (χ3n) is 3.15. The van der Waals surface area contributed by atoms with Gasteiger partial charge >= 0.3 is 7.48 Å². The minimum atomic E-state index is -0.884. The summed E-state index contributed by atoms with van der Waals surface area (Å²) in [7, 11) is 2.27. The van der Waals surface area contributed by atoms with Crippen LogP contribution < -0.4 is 10.8 Å². The van der Waals surface area contributed by atoms with Gasteiger partial charge in [0.15, 0.2) is 0 Å². The summed E-state index contributed by atoms with van der Waals surface area (Å²) in [4.78, 5) is 4.21. The fraction of sp³-hybridized carbons (Fsp3) is 0.583. The summed E-state index contributed by atoms with van der Waals surface area (Å²) < 4.78 is 5.74. The molecule has 0 radical (unpaired) electrons. The Labute approximate surface area is 104 Å². The van der Waals surface area contributed by atoms with Crippen molar-refractivity contribution in [2.45, 2.75) is 38.9 Å². The van der Waals surface area contributed by atoms with Crippen LogP contribution in [0.15, 0.2) is 18.3 Å². The molecule has 0 aliphatic heterocycles. The lowest BCUT2D eigenvalue weighted by Crippen LogP contribution is -2.49. The Morgan fingerprint density at radius 2 is 1.94 bits per heavy atom. The van der Waals surface area contributed by atoms with Crippen molar-refractivity contribution in [3.63, 3.8) is 0 Å². The van der Waals surface area contributed by atoms with Crippen molar-refractivity contribution in [1.82, 2.24) is 4.98 Å². The molecule has 17 heavy (non-hydrogen) atoms. The van der Waals surface area contributed by atoms with Crippen LogP contribution in [-0.2, 0) is 4.65 Å². The first-order valence-electron chi connectivity index (χ1n) is 5.75. The number of pyridine rings is 1. The molecule has 0 saturated heterocycles. The third kappa shape index (κ3) is 3.72. The number of hydrogen-bond acceptors (Lipinski definition) is 4. The maximum absolute atomic E-state index is 9.95. The Morgan fingerprint density at radius 1 is 1.29 bits per heavy atom. The summed E-state index contributed by atoms with van der Waals surface area (Å²) in [5.41, 5.74) is -0.499. The molecule has 1 aromatic rings. The average molecular weight is 236 g/mol. The van der Waals surface area contributed by atoms with Crippen molar-refractivity contribution >= 4 is 18.8 Å². The molecular formula is C12H21BN2O2. The third-order valence-corrected chi connectivity index (χ3v) is 3.15. The van der Waals surface area contributed by atoms with Crippen LogP contribution in [0, 0.1) is 0 Å². The van der Waals surface area contributed by atoms with Gasteiger partial charge in [0.25, 0.3) is 0 Å². The van der Waals surface area contributed by atoms with Gasteiger partial charge in [0.1, 0.15) is 5.82 Å². The summed E-state index contributed by atoms with van der Waals surface area (Å²) in [6.45, 7) is 7.25. The number of nitrogens with one attached hydrogen (secondary N) is 1. The lowest BCUT2D eigenvalue weighted by molar-refractivity contribution is -0.0893. The van der Waals surface area contributed by atoms with Crippen molar-refractivity contribution < 1.29 is 9.76 Å². The molecule has 0 aliphatic rings. The molecule has 2 N–H and O–H groups in total. The maximum atomic E-state index is 9.95. The summed E-state index contributed by atoms with van der Waals surface area (Å²) in [5, 5.41) is 12.9. The number of aliphatic hydroxyl groups is 1. The van der Waals surface area contributed by atoms with Gasteiger partial charge < -0.3 is 15.1 Å². The number of rotatable bonds is 5. The van der Waals surface area contributed by atoms with Gasteiger partial charge in [0, 0.05) is 13.2 Å². The molecule has 1 rings (SSSR count). The SMILES string of the molecule is CNc1ccc(BOC(C)(C)C(C)(C)O)cn1. The summed E-state index contributed by atoms with van der Waals surface area (Å²) in [6, 6.07) is 3.86. The van der Waals surface area contributed by atoms with Gasteiger partial charge in [-0.3, -0.25) is 0 Å². The van der Waals surface area contributed by atoms with E-state index in [9.17, 15) is 5.11 Å². The van der Waals surface area contributed by atoms with E-state index in [2.05, 4.69) is 10.3 Å². The van der Waals surface area contributed by atoms with Crippen LogP contribution in [0.1, 0.15) is 27.7 Å². The van der Waals surface area contributed by atoms with Crippen LogP contribution in [0.3, 0.4) is 0 Å². The highest BCUT2D eigenvalue weighted by atomic mass is 16.5. The largest absolute Gasteiger partial charge is 0.427 e. The Kier molecular flexibility index (Phi) is 4.17. The number of anilines is 1. The molecule has 0 fully saturated rings. The minimum absolute atomic E-state index is 0.438. The normalized spacial score (nSPS) is 12.4. The highest BCUT2D eigenvalue weighted by Gasteiger charge is 2.35. The molecule has 1 heterocycles. The maximum Gasteiger partial charge on any atom is 0.311 e. The van der Waals surface area contributed by atoms with E-state index in [1.54, 1.807) is 20.0 Å². The van der Waals surface area contributed by atoms with Crippen molar-refractivity contribution in [2.75, 3.05) is 12.4 Å². The predicted molar refractivity (Wildman–Crippen MR) is 72.0 cm³/mol. The lowest BCUT2D eigenvalue weighted by Gasteiger charge is -2.37. The Morgan fingerprint density at radius 3 is 2.35 bits per heavy atom. The quantitative estimate of drug-likeness (QED) is 0.737. The molecule has 0 atom stereocenters. The number of aromatic nitrogens is 1. The van der Waals surface area contributed by atoms with Crippen molar-refractivity contribution in [3.8, 4) is 0 Å². The van der Waals surface area contributed by atoms with Gasteiger partial charge in [-0.1, -0.05) is 6.07 Å². The smallest absolute Gasteiger partial charge is 0.311 e. The summed E-state index contributed by atoms with van der Waals surface area (Å²) in [5.74, 6) is 0.829. The van der Waals surface area contributed by atoms with E-state index in [4.69, 9.17) is 4.65 Å². The molecule has 5 heteroatoms. The first-order chi connectivity index (χ1) is 7.76. The molecule has 0 unspecified atom stereocenters. The Bertz CT molecular complexity index is 358. The molecule has 0 spiro atoms. The Hall–Kier alpha value is -1.07. The van der Waals surface area contributed by atoms with Gasteiger partial charge in [-0.25, -0.2) is 4.98 Å². The zero-order chi connectivity index (χ0) is 13.1. The lowest BCUT2D eigenvalue weighted by atomic mass is 9.83. The molecule has 1 aromatic heterocycles. The molecule has 0 amide bonds. The fourth-order valence-electron chi connectivity index (χ4n) is 1.10. The monoisotopic (exact) mass is 236 g/mol. The van der Waals surface area contributed by atoms with E-state index in [0.29, 0.717) is 7.48 Å². The summed E-state index contributed by atoms with van der Waals surface area (Å²) >= 11 is 0. The van der Waals surface area contributed by atoms with Crippen LogP contribution in [0.2, 0.25) is 0 Å². The van der Waals surface area contributed by atoms with Crippen molar-refractivity contribution in [1.29, 1.82) is 0 Å². The molecular weight excluding hydrogens is 215 g/mol. The topological polar surface area (TPSA) is 54.4 Å². The molecule has 4 nitrogen and oxygen atoms in total. The number of hydrogen-bond donors (Lipinski definition) is 2. The molecule has 0 aliphatic carbocycles. The van der Waals surface area contributed by atoms with Crippen LogP contribution in [0.25, 0.3) is 0 Å². The van der Waals surface area contributed by atoms with E-state index < -0.39 is 11.2 Å². The highest BCUT2D eigenvalue weighted by Crippen LogP contribution is 2.24. The first-order valence-corrected chi connectivity index (χ1v) is 5.75. The predicted octanol–water partition coefficient (Wildman–Crippen LogP) is 0.666. The van der Waals surface area contributed by atoms with Crippen LogP contribution in [0.5, 0.6) is 0 Å². The van der Waals surface area contributed by atoms with Crippen LogP contribution in [-0.4, -0.2) is 35.8 Å². The fourth-order valence-corrected chi connectivity index (χ4v) is 1.10. The zero-order valence-electron chi connectivity index (χ0n) is 11.2. The molecule has 0 bridgehead atoms. The van der Waals surface area contributed by atoms with E-state index in [1.165, 1.54) is 0 Å². The van der Waals surface area contributed by atoms with E-state index in [0.717, 1.165) is 11.3 Å². The average Bonchev–Trinajstić information content (AvgIpc) is 2.25. The van der Waals surface area contributed by atoms with Gasteiger partial charge in [-0.2, -0.15) is 0 Å². The second-order valence-electron chi connectivity index (χ2n) is 5.16. The second-order valence-corrected chi connectivity index (χ2v) is 5.16. The van der Waals surface area contributed by atoms with E-state index in [-0.39, 0.29) is 0 Å². The van der Waals surface area contributed by atoms with Gasteiger partial charge in [0.05, 0.1) is 11.2 Å². The van der Waals surface area contributed by atoms with Gasteiger partial charge in [-0.05, 0) is 39.2 Å². The second kappa shape index (κ2) is 5.06. The van der Waals surface area contributed by atoms with Crippen molar-refractivity contribution in [3.05, 3.63) is 18.3 Å². The molecule has 0 saturated carbocycles. The minimum Gasteiger partial charge on any atom is -0.427 e. The summed E-state index contributed by atoms with van der Waals surface area (Å²) in [6.07, 6.45) is 1.77. The first kappa shape index (κ1) is 14.0. The highest BCUT2D eigenvalue weighted by molar-refractivity contribution is 6.46. The van der Waals surface area contributed by atoms with Crippen molar-refractivity contribution in [2.24, 2.45) is 0 Å². The standard InChI is InChI=1S/C12H21BN2O2/c1-11(2,16)12(3,4)17-13-9-6-7-10(14-5)15-8-9/h6-8,13,16H,1-5H3,(H,14,15). The molecule has 94 valence electrons. The van der Waals surface area contributed by atoms with Gasteiger partial charge in [0.2, 0.25) is 0 Å². The van der Waals surface area contributed by atoms with Crippen LogP contribution in [0.4, 0.5) is 5.82 Å². The Balaban J connectivity index is 2.61. The zero-order valence-corrected chi connectivity index (χ0v) is 11.2. The number of nitrogens with zero attached hydrogens (tertiary/aromatic N) is 1. The molecule has 0 aromatic carbocycles. The van der Waals surface area contributed by atoms with Gasteiger partial charge in [-0.15, -0.1) is 0 Å². The van der Waals surface area contributed by atoms with E-state index >= 15 is 0 Å². The van der Waals surface area contributed by atoms with Crippen LogP contribution >= 0.6 is 0 Å².